The zero-order valence-corrected chi connectivity index (χ0v) is 15.7. The van der Waals surface area contributed by atoms with Crippen LogP contribution in [0, 0.1) is 22.7 Å². The molecule has 4 nitrogen and oxygen atoms in total. The van der Waals surface area contributed by atoms with E-state index in [9.17, 15) is 9.90 Å². The Balaban J connectivity index is 1.72. The molecule has 7 atom stereocenters. The third-order valence-electron chi connectivity index (χ3n) is 8.05. The maximum absolute atomic E-state index is 12.5. The van der Waals surface area contributed by atoms with Gasteiger partial charge in [0.1, 0.15) is 11.9 Å². The first-order chi connectivity index (χ1) is 11.0. The first kappa shape index (κ1) is 17.0. The molecule has 4 rings (SSSR count). The molecule has 4 fully saturated rings. The molecule has 2 saturated heterocycles. The first-order valence-corrected chi connectivity index (χ1v) is 9.56. The van der Waals surface area contributed by atoms with E-state index in [4.69, 9.17) is 9.47 Å². The molecule has 2 heterocycles. The number of ether oxygens (including phenoxy) is 2. The highest BCUT2D eigenvalue weighted by Crippen LogP contribution is 2.65. The average Bonchev–Trinajstić information content (AvgIpc) is 3.26. The summed E-state index contributed by atoms with van der Waals surface area (Å²) < 4.78 is 12.2. The Morgan fingerprint density at radius 2 is 1.75 bits per heavy atom. The van der Waals surface area contributed by atoms with Crippen molar-refractivity contribution in [2.45, 2.75) is 90.1 Å². The van der Waals surface area contributed by atoms with E-state index in [2.05, 4.69) is 34.6 Å². The van der Waals surface area contributed by atoms with Crippen LogP contribution in [0.1, 0.15) is 66.7 Å². The van der Waals surface area contributed by atoms with Gasteiger partial charge in [0.05, 0.1) is 23.9 Å². The van der Waals surface area contributed by atoms with Crippen LogP contribution >= 0.6 is 0 Å². The lowest BCUT2D eigenvalue weighted by Gasteiger charge is -2.65. The van der Waals surface area contributed by atoms with Gasteiger partial charge >= 0.3 is 0 Å². The van der Waals surface area contributed by atoms with E-state index in [1.807, 2.05) is 0 Å². The van der Waals surface area contributed by atoms with Crippen LogP contribution in [0.15, 0.2) is 0 Å². The van der Waals surface area contributed by atoms with Crippen molar-refractivity contribution in [2.24, 2.45) is 22.7 Å². The molecule has 24 heavy (non-hydrogen) atoms. The third-order valence-corrected chi connectivity index (χ3v) is 8.05. The second kappa shape index (κ2) is 4.83. The van der Waals surface area contributed by atoms with Gasteiger partial charge in [-0.3, -0.25) is 4.79 Å². The van der Waals surface area contributed by atoms with Gasteiger partial charge in [-0.25, -0.2) is 0 Å². The van der Waals surface area contributed by atoms with E-state index < -0.39 is 6.10 Å². The van der Waals surface area contributed by atoms with Gasteiger partial charge in [0, 0.05) is 24.2 Å². The Morgan fingerprint density at radius 1 is 1.08 bits per heavy atom. The molecule has 2 aliphatic heterocycles. The second-order valence-corrected chi connectivity index (χ2v) is 10.0. The van der Waals surface area contributed by atoms with E-state index in [0.29, 0.717) is 24.5 Å². The predicted octanol–water partition coefficient (Wildman–Crippen LogP) is 3.11. The van der Waals surface area contributed by atoms with Crippen LogP contribution in [0.3, 0.4) is 0 Å². The predicted molar refractivity (Wildman–Crippen MR) is 90.6 cm³/mol. The molecule has 0 unspecified atom stereocenters. The van der Waals surface area contributed by atoms with E-state index in [1.54, 1.807) is 0 Å². The number of hydrogen-bond acceptors (Lipinski definition) is 4. The van der Waals surface area contributed by atoms with Crippen LogP contribution in [0.2, 0.25) is 0 Å². The number of aliphatic hydroxyl groups excluding tert-OH is 1. The lowest BCUT2D eigenvalue weighted by Crippen LogP contribution is -2.68. The number of Topliss-reactive ketones (excluding diaryl/α,β-unsaturated/α-hetero) is 1. The molecule has 0 amide bonds. The number of aliphatic hydroxyl groups is 1. The van der Waals surface area contributed by atoms with Crippen molar-refractivity contribution in [1.82, 2.24) is 0 Å². The number of carbonyl (C=O) groups is 1. The Kier molecular flexibility index (Phi) is 3.42. The van der Waals surface area contributed by atoms with Crippen LogP contribution < -0.4 is 0 Å². The summed E-state index contributed by atoms with van der Waals surface area (Å²) in [5.41, 5.74) is -1.06. The summed E-state index contributed by atoms with van der Waals surface area (Å²) in [6.45, 7) is 11.5. The fraction of sp³-hybridized carbons (Fsp3) is 0.950. The molecular formula is C20H32O4. The van der Waals surface area contributed by atoms with E-state index in [1.165, 1.54) is 0 Å². The number of rotatable bonds is 1. The molecule has 136 valence electrons. The van der Waals surface area contributed by atoms with Gasteiger partial charge in [0.15, 0.2) is 0 Å². The topological polar surface area (TPSA) is 59.1 Å². The summed E-state index contributed by atoms with van der Waals surface area (Å²) in [7, 11) is 0. The molecule has 0 aromatic rings. The Hall–Kier alpha value is -0.450. The van der Waals surface area contributed by atoms with E-state index in [-0.39, 0.29) is 34.1 Å². The Bertz CT molecular complexity index is 568. The van der Waals surface area contributed by atoms with E-state index >= 15 is 0 Å². The Morgan fingerprint density at radius 3 is 2.38 bits per heavy atom. The number of hydrogen-bond donors (Lipinski definition) is 1. The molecule has 2 saturated carbocycles. The lowest BCUT2D eigenvalue weighted by molar-refractivity contribution is -0.295. The highest BCUT2D eigenvalue weighted by Gasteiger charge is 2.67. The molecule has 4 aliphatic rings. The van der Waals surface area contributed by atoms with Gasteiger partial charge in [0.2, 0.25) is 0 Å². The summed E-state index contributed by atoms with van der Waals surface area (Å²) in [6.07, 6.45) is 3.77. The lowest BCUT2D eigenvalue weighted by atomic mass is 9.43. The minimum absolute atomic E-state index is 0.0461. The van der Waals surface area contributed by atoms with Crippen molar-refractivity contribution in [1.29, 1.82) is 0 Å². The molecule has 0 radical (unpaired) electrons. The summed E-state index contributed by atoms with van der Waals surface area (Å²) in [4.78, 5) is 12.5. The van der Waals surface area contributed by atoms with Gasteiger partial charge in [0.25, 0.3) is 0 Å². The summed E-state index contributed by atoms with van der Waals surface area (Å²) in [6, 6.07) is 0. The maximum Gasteiger partial charge on any atom is 0.138 e. The van der Waals surface area contributed by atoms with Crippen LogP contribution in [0.4, 0.5) is 0 Å². The molecule has 2 aliphatic carbocycles. The molecule has 0 aromatic heterocycles. The van der Waals surface area contributed by atoms with Crippen LogP contribution in [-0.2, 0) is 14.3 Å². The van der Waals surface area contributed by atoms with Gasteiger partial charge in [-0.05, 0) is 44.4 Å². The zero-order valence-electron chi connectivity index (χ0n) is 15.7. The van der Waals surface area contributed by atoms with Crippen LogP contribution in [0.5, 0.6) is 0 Å². The number of ketones is 1. The normalized spacial score (nSPS) is 56.3. The highest BCUT2D eigenvalue weighted by atomic mass is 16.6. The second-order valence-electron chi connectivity index (χ2n) is 10.0. The van der Waals surface area contributed by atoms with Crippen molar-refractivity contribution < 1.29 is 19.4 Å². The fourth-order valence-electron chi connectivity index (χ4n) is 6.91. The minimum atomic E-state index is -0.394. The quantitative estimate of drug-likeness (QED) is 0.748. The molecule has 0 bridgehead atoms. The van der Waals surface area contributed by atoms with Gasteiger partial charge < -0.3 is 14.6 Å². The largest absolute Gasteiger partial charge is 0.393 e. The minimum Gasteiger partial charge on any atom is -0.393 e. The Labute approximate surface area is 145 Å². The van der Waals surface area contributed by atoms with Crippen molar-refractivity contribution in [3.8, 4) is 0 Å². The third kappa shape index (κ3) is 2.12. The van der Waals surface area contributed by atoms with Crippen LogP contribution in [0.25, 0.3) is 0 Å². The SMILES string of the molecule is CC1(C)C(=O)CC[C@]2(C)[C@@H]1CC[C@]1(C)O[C@@](C)([C@H]3CO3)C[C@H](O)[C@H]21. The molecule has 0 spiro atoms. The smallest absolute Gasteiger partial charge is 0.138 e. The van der Waals surface area contributed by atoms with Crippen molar-refractivity contribution in [2.75, 3.05) is 6.61 Å². The number of carbonyl (C=O) groups excluding carboxylic acids is 1. The van der Waals surface area contributed by atoms with Gasteiger partial charge in [-0.2, -0.15) is 0 Å². The highest BCUT2D eigenvalue weighted by molar-refractivity contribution is 5.85. The van der Waals surface area contributed by atoms with Crippen molar-refractivity contribution in [3.05, 3.63) is 0 Å². The summed E-state index contributed by atoms with van der Waals surface area (Å²) in [5, 5.41) is 11.2. The van der Waals surface area contributed by atoms with E-state index in [0.717, 1.165) is 25.9 Å². The zero-order chi connectivity index (χ0) is 17.5. The average molecular weight is 336 g/mol. The summed E-state index contributed by atoms with van der Waals surface area (Å²) in [5.74, 6) is 0.795. The standard InChI is InChI=1S/C20H32O4/c1-17(2)13-6-9-19(4)16(18(13,3)8-7-14(17)22)12(21)10-20(5,24-19)15-11-23-15/h12-13,15-16,21H,6-11H2,1-5H3/t12-,13+,15+,16+,18+,19-,20+/m0/s1. The van der Waals surface area contributed by atoms with Gasteiger partial charge in [-0.1, -0.05) is 20.8 Å². The summed E-state index contributed by atoms with van der Waals surface area (Å²) >= 11 is 0. The maximum atomic E-state index is 12.5. The van der Waals surface area contributed by atoms with Gasteiger partial charge in [-0.15, -0.1) is 0 Å². The monoisotopic (exact) mass is 336 g/mol. The number of epoxide rings is 1. The van der Waals surface area contributed by atoms with Crippen LogP contribution in [-0.4, -0.2) is 40.9 Å². The molecule has 1 N–H and O–H groups in total. The first-order valence-electron chi connectivity index (χ1n) is 9.56. The van der Waals surface area contributed by atoms with Crippen molar-refractivity contribution in [3.63, 3.8) is 0 Å². The number of fused-ring (bicyclic) bond motifs is 3. The molecule has 4 heteroatoms. The molecule has 0 aromatic carbocycles. The fourth-order valence-corrected chi connectivity index (χ4v) is 6.91. The van der Waals surface area contributed by atoms with Crippen molar-refractivity contribution >= 4 is 5.78 Å². The molecular weight excluding hydrogens is 304 g/mol.